The summed E-state index contributed by atoms with van der Waals surface area (Å²) >= 11 is 0. The van der Waals surface area contributed by atoms with Crippen LogP contribution < -0.4 is 5.32 Å². The molecule has 0 aliphatic carbocycles. The molecule has 1 fully saturated rings. The molecule has 0 saturated carbocycles. The Morgan fingerprint density at radius 1 is 1.39 bits per heavy atom. The first-order valence-corrected chi connectivity index (χ1v) is 6.72. The summed E-state index contributed by atoms with van der Waals surface area (Å²) in [6.45, 7) is 3.98. The lowest BCUT2D eigenvalue weighted by Gasteiger charge is -2.19. The lowest BCUT2D eigenvalue weighted by Crippen LogP contribution is -2.32. The molecule has 2 rings (SSSR count). The molecular formula is C15H22N2O. The second kappa shape index (κ2) is 6.01. The van der Waals surface area contributed by atoms with Crippen molar-refractivity contribution >= 4 is 5.91 Å². The van der Waals surface area contributed by atoms with E-state index in [4.69, 9.17) is 0 Å². The molecule has 3 nitrogen and oxygen atoms in total. The van der Waals surface area contributed by atoms with Gasteiger partial charge in [-0.3, -0.25) is 4.79 Å². The average Bonchev–Trinajstić information content (AvgIpc) is 2.89. The maximum Gasteiger partial charge on any atom is 0.253 e. The number of rotatable bonds is 4. The van der Waals surface area contributed by atoms with Crippen LogP contribution in [0.3, 0.4) is 0 Å². The van der Waals surface area contributed by atoms with Crippen molar-refractivity contribution in [1.82, 2.24) is 10.2 Å². The second-order valence-electron chi connectivity index (χ2n) is 5.17. The fourth-order valence-corrected chi connectivity index (χ4v) is 2.37. The van der Waals surface area contributed by atoms with Gasteiger partial charge in [0, 0.05) is 25.2 Å². The minimum absolute atomic E-state index is 0.119. The molecule has 1 amide bonds. The van der Waals surface area contributed by atoms with Gasteiger partial charge in [0.15, 0.2) is 0 Å². The van der Waals surface area contributed by atoms with Crippen LogP contribution >= 0.6 is 0 Å². The Morgan fingerprint density at radius 3 is 2.72 bits per heavy atom. The summed E-state index contributed by atoms with van der Waals surface area (Å²) in [6.07, 6.45) is 3.56. The number of hydrogen-bond donors (Lipinski definition) is 1. The van der Waals surface area contributed by atoms with Gasteiger partial charge in [-0.25, -0.2) is 0 Å². The highest BCUT2D eigenvalue weighted by molar-refractivity contribution is 5.94. The highest BCUT2D eigenvalue weighted by Gasteiger charge is 2.16. The number of nitrogens with zero attached hydrogens (tertiary/aromatic N) is 1. The number of hydrogen-bond acceptors (Lipinski definition) is 2. The number of aryl methyl sites for hydroxylation is 1. The van der Waals surface area contributed by atoms with Crippen molar-refractivity contribution in [2.24, 2.45) is 0 Å². The van der Waals surface area contributed by atoms with E-state index in [-0.39, 0.29) is 5.91 Å². The van der Waals surface area contributed by atoms with Crippen molar-refractivity contribution in [3.63, 3.8) is 0 Å². The Hall–Kier alpha value is -1.35. The third kappa shape index (κ3) is 3.33. The third-order valence-electron chi connectivity index (χ3n) is 3.62. The minimum atomic E-state index is 0.119. The van der Waals surface area contributed by atoms with Crippen LogP contribution in [0, 0.1) is 6.92 Å². The Morgan fingerprint density at radius 2 is 2.11 bits per heavy atom. The van der Waals surface area contributed by atoms with Crippen LogP contribution in [-0.2, 0) is 0 Å². The standard InChI is InChI=1S/C15H22N2O/c1-12-5-7-13(8-6-12)15(18)17(2)11-9-14-4-3-10-16-14/h5-8,14,16H,3-4,9-11H2,1-2H3. The van der Waals surface area contributed by atoms with E-state index in [1.165, 1.54) is 18.4 Å². The maximum absolute atomic E-state index is 12.2. The molecule has 0 radical (unpaired) electrons. The third-order valence-corrected chi connectivity index (χ3v) is 3.62. The van der Waals surface area contributed by atoms with Gasteiger partial charge in [0.25, 0.3) is 5.91 Å². The summed E-state index contributed by atoms with van der Waals surface area (Å²) in [7, 11) is 1.89. The predicted molar refractivity (Wildman–Crippen MR) is 73.8 cm³/mol. The summed E-state index contributed by atoms with van der Waals surface area (Å²) < 4.78 is 0. The Kier molecular flexibility index (Phi) is 4.37. The van der Waals surface area contributed by atoms with Crippen LogP contribution in [0.15, 0.2) is 24.3 Å². The fraction of sp³-hybridized carbons (Fsp3) is 0.533. The van der Waals surface area contributed by atoms with Crippen LogP contribution in [0.25, 0.3) is 0 Å². The number of amides is 1. The van der Waals surface area contributed by atoms with Gasteiger partial charge in [0.2, 0.25) is 0 Å². The maximum atomic E-state index is 12.2. The Balaban J connectivity index is 1.85. The molecule has 1 saturated heterocycles. The Labute approximate surface area is 109 Å². The summed E-state index contributed by atoms with van der Waals surface area (Å²) in [4.78, 5) is 14.0. The van der Waals surface area contributed by atoms with Crippen molar-refractivity contribution < 1.29 is 4.79 Å². The molecule has 3 heteroatoms. The molecule has 1 N–H and O–H groups in total. The Bertz CT molecular complexity index is 393. The summed E-state index contributed by atoms with van der Waals surface area (Å²) in [5, 5.41) is 3.46. The van der Waals surface area contributed by atoms with Crippen LogP contribution in [0.4, 0.5) is 0 Å². The number of nitrogens with one attached hydrogen (secondary N) is 1. The van der Waals surface area contributed by atoms with Crippen molar-refractivity contribution in [3.05, 3.63) is 35.4 Å². The van der Waals surface area contributed by atoms with E-state index in [2.05, 4.69) is 5.32 Å². The molecule has 1 aromatic rings. The zero-order valence-corrected chi connectivity index (χ0v) is 11.3. The van der Waals surface area contributed by atoms with Crippen molar-refractivity contribution in [2.45, 2.75) is 32.2 Å². The summed E-state index contributed by atoms with van der Waals surface area (Å²) in [6, 6.07) is 8.38. The first-order chi connectivity index (χ1) is 8.66. The number of benzene rings is 1. The van der Waals surface area contributed by atoms with Gasteiger partial charge in [-0.2, -0.15) is 0 Å². The molecule has 1 aliphatic heterocycles. The van der Waals surface area contributed by atoms with E-state index in [1.807, 2.05) is 43.1 Å². The molecular weight excluding hydrogens is 224 g/mol. The SMILES string of the molecule is Cc1ccc(C(=O)N(C)CCC2CCCN2)cc1. The van der Waals surface area contributed by atoms with Crippen LogP contribution in [-0.4, -0.2) is 37.0 Å². The number of carbonyl (C=O) groups is 1. The zero-order chi connectivity index (χ0) is 13.0. The first-order valence-electron chi connectivity index (χ1n) is 6.72. The molecule has 0 spiro atoms. The first kappa shape index (κ1) is 13.1. The highest BCUT2D eigenvalue weighted by Crippen LogP contribution is 2.11. The molecule has 0 bridgehead atoms. The van der Waals surface area contributed by atoms with Gasteiger partial charge in [-0.15, -0.1) is 0 Å². The smallest absolute Gasteiger partial charge is 0.253 e. The fourth-order valence-electron chi connectivity index (χ4n) is 2.37. The average molecular weight is 246 g/mol. The molecule has 0 aromatic heterocycles. The molecule has 1 unspecified atom stereocenters. The number of carbonyl (C=O) groups excluding carboxylic acids is 1. The van der Waals surface area contributed by atoms with Gasteiger partial charge in [-0.1, -0.05) is 17.7 Å². The summed E-state index contributed by atoms with van der Waals surface area (Å²) in [5.74, 6) is 0.119. The lowest BCUT2D eigenvalue weighted by atomic mass is 10.1. The minimum Gasteiger partial charge on any atom is -0.342 e. The normalized spacial score (nSPS) is 18.9. The monoisotopic (exact) mass is 246 g/mol. The largest absolute Gasteiger partial charge is 0.342 e. The lowest BCUT2D eigenvalue weighted by molar-refractivity contribution is 0.0790. The van der Waals surface area contributed by atoms with E-state index in [0.29, 0.717) is 6.04 Å². The van der Waals surface area contributed by atoms with Crippen LogP contribution in [0.2, 0.25) is 0 Å². The van der Waals surface area contributed by atoms with Crippen LogP contribution in [0.5, 0.6) is 0 Å². The zero-order valence-electron chi connectivity index (χ0n) is 11.3. The van der Waals surface area contributed by atoms with Gasteiger partial charge >= 0.3 is 0 Å². The van der Waals surface area contributed by atoms with Crippen LogP contribution in [0.1, 0.15) is 35.2 Å². The molecule has 1 aliphatic rings. The van der Waals surface area contributed by atoms with Crippen molar-refractivity contribution in [3.8, 4) is 0 Å². The van der Waals surface area contributed by atoms with Gasteiger partial charge < -0.3 is 10.2 Å². The van der Waals surface area contributed by atoms with E-state index < -0.39 is 0 Å². The van der Waals surface area contributed by atoms with E-state index in [0.717, 1.165) is 25.1 Å². The van der Waals surface area contributed by atoms with E-state index in [9.17, 15) is 4.79 Å². The van der Waals surface area contributed by atoms with Gasteiger partial charge in [0.05, 0.1) is 0 Å². The second-order valence-corrected chi connectivity index (χ2v) is 5.17. The quantitative estimate of drug-likeness (QED) is 0.883. The molecule has 18 heavy (non-hydrogen) atoms. The molecule has 1 heterocycles. The topological polar surface area (TPSA) is 32.3 Å². The van der Waals surface area contributed by atoms with Crippen molar-refractivity contribution in [2.75, 3.05) is 20.1 Å². The summed E-state index contributed by atoms with van der Waals surface area (Å²) in [5.41, 5.74) is 1.96. The van der Waals surface area contributed by atoms with E-state index >= 15 is 0 Å². The van der Waals surface area contributed by atoms with E-state index in [1.54, 1.807) is 0 Å². The molecule has 1 aromatic carbocycles. The van der Waals surface area contributed by atoms with Crippen molar-refractivity contribution in [1.29, 1.82) is 0 Å². The predicted octanol–water partition coefficient (Wildman–Crippen LogP) is 2.21. The molecule has 1 atom stereocenters. The highest BCUT2D eigenvalue weighted by atomic mass is 16.2. The van der Waals surface area contributed by atoms with Gasteiger partial charge in [0.1, 0.15) is 0 Å². The van der Waals surface area contributed by atoms with Gasteiger partial charge in [-0.05, 0) is 44.9 Å². The molecule has 98 valence electrons.